The maximum Gasteiger partial charge on any atom is 0.252 e. The van der Waals surface area contributed by atoms with E-state index in [4.69, 9.17) is 6.85 Å². The third kappa shape index (κ3) is 2.61. The largest absolute Gasteiger partial charge is 0.369 e. The van der Waals surface area contributed by atoms with E-state index in [-0.39, 0.29) is 48.8 Å². The molecule has 5 aromatic carbocycles. The van der Waals surface area contributed by atoms with E-state index in [9.17, 15) is 0 Å². The second kappa shape index (κ2) is 7.69. The molecular weight excluding hydrogens is 527 g/mol. The minimum absolute atomic E-state index is 0.0480. The molecule has 5 aromatic rings. The number of anilines is 7. The maximum atomic E-state index is 8.93. The van der Waals surface area contributed by atoms with Crippen LogP contribution in [-0.2, 0) is 6.54 Å². The van der Waals surface area contributed by atoms with Crippen molar-refractivity contribution in [3.05, 3.63) is 109 Å². The molecule has 0 aliphatic carbocycles. The van der Waals surface area contributed by atoms with Gasteiger partial charge in [0.25, 0.3) is 6.71 Å². The van der Waals surface area contributed by atoms with Gasteiger partial charge in [0, 0.05) is 42.0 Å². The van der Waals surface area contributed by atoms with Gasteiger partial charge >= 0.3 is 0 Å². The standard InChI is InChI=1S/C36H31BN4Si/c1-38-22-32-39(24-12-5-4-6-13-24)21-23-11-9-14-25-34(23)41(32)36-29(38)20-19-28-33(36)37(25)26-15-10-18-31-35(26)40(28)27-16-7-8-17-30(27)42(31,2)3/h4-20,32H,21-22H2,1-3H3/i4D,5D,6D,12D,13D. The Labute approximate surface area is 255 Å². The molecule has 0 saturated carbocycles. The Balaban J connectivity index is 1.30. The zero-order valence-electron chi connectivity index (χ0n) is 28.8. The molecule has 0 saturated heterocycles. The van der Waals surface area contributed by atoms with Crippen molar-refractivity contribution in [2.24, 2.45) is 0 Å². The molecule has 0 spiro atoms. The Morgan fingerprint density at radius 1 is 0.762 bits per heavy atom. The molecule has 0 radical (unpaired) electrons. The van der Waals surface area contributed by atoms with Crippen molar-refractivity contribution in [2.45, 2.75) is 25.8 Å². The highest BCUT2D eigenvalue weighted by Gasteiger charge is 2.52. The SMILES string of the molecule is [2H]c1c([2H])c([2H])c(N2Cc3cccc4c3N3c5c(ccc6c5B4c4cccc5c4N6c4ccccc4[Si]5(C)C)N(C)CC23)c([2H])c1[2H]. The van der Waals surface area contributed by atoms with Crippen molar-refractivity contribution >= 4 is 81.4 Å². The molecule has 0 aromatic heterocycles. The molecule has 4 nitrogen and oxygen atoms in total. The van der Waals surface area contributed by atoms with Gasteiger partial charge in [-0.1, -0.05) is 85.8 Å². The van der Waals surface area contributed by atoms with Crippen molar-refractivity contribution < 1.29 is 6.85 Å². The molecular formula is C36H31BN4Si. The van der Waals surface area contributed by atoms with Crippen LogP contribution in [0.1, 0.15) is 12.4 Å². The van der Waals surface area contributed by atoms with Gasteiger partial charge in [-0.3, -0.25) is 0 Å². The van der Waals surface area contributed by atoms with Gasteiger partial charge in [0.15, 0.2) is 0 Å². The van der Waals surface area contributed by atoms with Crippen LogP contribution in [0.4, 0.5) is 39.8 Å². The zero-order valence-corrected chi connectivity index (χ0v) is 24.8. The summed E-state index contributed by atoms with van der Waals surface area (Å²) >= 11 is 0. The van der Waals surface area contributed by atoms with Gasteiger partial charge < -0.3 is 19.6 Å². The molecule has 0 amide bonds. The predicted octanol–water partition coefficient (Wildman–Crippen LogP) is 4.37. The Bertz CT molecular complexity index is 2250. The first-order valence-corrected chi connectivity index (χ1v) is 17.8. The van der Waals surface area contributed by atoms with Crippen LogP contribution < -0.4 is 46.4 Å². The van der Waals surface area contributed by atoms with Crippen molar-refractivity contribution in [3.8, 4) is 0 Å². The molecule has 1 unspecified atom stereocenters. The lowest BCUT2D eigenvalue weighted by Crippen LogP contribution is -2.70. The number of nitrogens with zero attached hydrogens (tertiary/aromatic N) is 4. The van der Waals surface area contributed by atoms with Gasteiger partial charge in [0.05, 0.1) is 24.8 Å². The van der Waals surface area contributed by atoms with Crippen LogP contribution in [0.15, 0.2) is 103 Å². The summed E-state index contributed by atoms with van der Waals surface area (Å²) in [7, 11) is 0.114. The third-order valence-electron chi connectivity index (χ3n) is 10.4. The number of fused-ring (bicyclic) bond motifs is 5. The van der Waals surface area contributed by atoms with Gasteiger partial charge in [-0.25, -0.2) is 0 Å². The maximum absolute atomic E-state index is 8.93. The van der Waals surface area contributed by atoms with Crippen molar-refractivity contribution in [1.29, 1.82) is 0 Å². The van der Waals surface area contributed by atoms with E-state index in [2.05, 4.69) is 108 Å². The summed E-state index contributed by atoms with van der Waals surface area (Å²) in [6.07, 6.45) is -0.273. The summed E-state index contributed by atoms with van der Waals surface area (Å²) in [5, 5.41) is 2.90. The third-order valence-corrected chi connectivity index (χ3v) is 13.9. The number of benzene rings is 5. The quantitative estimate of drug-likeness (QED) is 0.276. The molecule has 0 N–H and O–H groups in total. The second-order valence-corrected chi connectivity index (χ2v) is 17.0. The van der Waals surface area contributed by atoms with Crippen molar-refractivity contribution in [2.75, 3.05) is 33.2 Å². The lowest BCUT2D eigenvalue weighted by atomic mass is 9.33. The normalized spacial score (nSPS) is 21.0. The van der Waals surface area contributed by atoms with Crippen LogP contribution in [0.5, 0.6) is 0 Å². The summed E-state index contributed by atoms with van der Waals surface area (Å²) in [6, 6.07) is 25.7. The highest BCUT2D eigenvalue weighted by molar-refractivity contribution is 7.05. The molecule has 0 fully saturated rings. The smallest absolute Gasteiger partial charge is 0.252 e. The van der Waals surface area contributed by atoms with Gasteiger partial charge in [-0.05, 0) is 62.6 Å². The van der Waals surface area contributed by atoms with Crippen molar-refractivity contribution in [1.82, 2.24) is 0 Å². The molecule has 5 aliphatic heterocycles. The first kappa shape index (κ1) is 18.9. The van der Waals surface area contributed by atoms with Crippen LogP contribution in [0.3, 0.4) is 0 Å². The average Bonchev–Trinajstić information content (AvgIpc) is 3.08. The summed E-state index contributed by atoms with van der Waals surface area (Å²) < 4.78 is 43.1. The van der Waals surface area contributed by atoms with Crippen LogP contribution in [0, 0.1) is 0 Å². The number of hydrogen-bond acceptors (Lipinski definition) is 4. The summed E-state index contributed by atoms with van der Waals surface area (Å²) in [6.45, 7) is 6.06. The molecule has 0 bridgehead atoms. The summed E-state index contributed by atoms with van der Waals surface area (Å²) in [5.74, 6) is 0. The molecule has 202 valence electrons. The number of para-hydroxylation sites is 4. The van der Waals surface area contributed by atoms with E-state index < -0.39 is 8.07 Å². The molecule has 42 heavy (non-hydrogen) atoms. The van der Waals surface area contributed by atoms with Crippen LogP contribution >= 0.6 is 0 Å². The van der Waals surface area contributed by atoms with Crippen molar-refractivity contribution in [3.63, 3.8) is 0 Å². The van der Waals surface area contributed by atoms with E-state index in [1.165, 1.54) is 49.5 Å². The Morgan fingerprint density at radius 3 is 2.36 bits per heavy atom. The van der Waals surface area contributed by atoms with Crippen LogP contribution in [-0.4, -0.2) is 34.5 Å². The van der Waals surface area contributed by atoms with E-state index in [0.29, 0.717) is 13.1 Å². The van der Waals surface area contributed by atoms with Crippen LogP contribution in [0.2, 0.25) is 13.1 Å². The van der Waals surface area contributed by atoms with Crippen LogP contribution in [0.25, 0.3) is 0 Å². The lowest BCUT2D eigenvalue weighted by Gasteiger charge is -2.57. The minimum atomic E-state index is -2.00. The molecule has 10 rings (SSSR count). The molecule has 1 atom stereocenters. The number of rotatable bonds is 1. The fourth-order valence-electron chi connectivity index (χ4n) is 8.61. The first-order chi connectivity index (χ1) is 22.6. The highest BCUT2D eigenvalue weighted by Crippen LogP contribution is 2.51. The predicted molar refractivity (Wildman–Crippen MR) is 181 cm³/mol. The summed E-state index contributed by atoms with van der Waals surface area (Å²) in [5.41, 5.74) is 12.5. The summed E-state index contributed by atoms with van der Waals surface area (Å²) in [4.78, 5) is 9.27. The Kier molecular flexibility index (Phi) is 3.46. The zero-order chi connectivity index (χ0) is 32.3. The van der Waals surface area contributed by atoms with E-state index in [1.54, 1.807) is 0 Å². The highest BCUT2D eigenvalue weighted by atomic mass is 28.3. The van der Waals surface area contributed by atoms with E-state index in [0.717, 1.165) is 16.9 Å². The van der Waals surface area contributed by atoms with Gasteiger partial charge in [0.1, 0.15) is 14.2 Å². The van der Waals surface area contributed by atoms with Gasteiger partial charge in [0.2, 0.25) is 0 Å². The monoisotopic (exact) mass is 563 g/mol. The lowest BCUT2D eigenvalue weighted by molar-refractivity contribution is 0.554. The fraction of sp³-hybridized carbons (Fsp3) is 0.167. The van der Waals surface area contributed by atoms with E-state index >= 15 is 0 Å². The molecule has 5 heterocycles. The van der Waals surface area contributed by atoms with E-state index in [1.807, 2.05) is 4.90 Å². The first-order valence-electron chi connectivity index (χ1n) is 17.3. The average molecular weight is 564 g/mol. The fourth-order valence-corrected chi connectivity index (χ4v) is 11.6. The molecule has 6 heteroatoms. The van der Waals surface area contributed by atoms with Gasteiger partial charge in [-0.15, -0.1) is 0 Å². The van der Waals surface area contributed by atoms with Gasteiger partial charge in [-0.2, -0.15) is 0 Å². The minimum Gasteiger partial charge on any atom is -0.369 e. The Hall–Kier alpha value is -4.42. The topological polar surface area (TPSA) is 13.0 Å². The Morgan fingerprint density at radius 2 is 1.50 bits per heavy atom. The number of likely N-dealkylation sites (N-methyl/N-ethyl adjacent to an activating group) is 1. The second-order valence-electron chi connectivity index (χ2n) is 12.7. The number of hydrogen-bond donors (Lipinski definition) is 0. The molecule has 5 aliphatic rings.